The van der Waals surface area contributed by atoms with Gasteiger partial charge < -0.3 is 24.3 Å². The van der Waals surface area contributed by atoms with E-state index in [-0.39, 0.29) is 17.6 Å². The van der Waals surface area contributed by atoms with Crippen LogP contribution >= 0.6 is 0 Å². The quantitative estimate of drug-likeness (QED) is 0.875. The fraction of sp³-hybridized carbons (Fsp3) is 0.667. The second-order valence-corrected chi connectivity index (χ2v) is 5.82. The molecule has 0 amide bonds. The molecule has 3 rings (SSSR count). The van der Waals surface area contributed by atoms with Crippen LogP contribution < -0.4 is 15.4 Å². The zero-order chi connectivity index (χ0) is 14.8. The van der Waals surface area contributed by atoms with Gasteiger partial charge in [-0.25, -0.2) is 0 Å². The Morgan fingerprint density at radius 3 is 2.29 bits per heavy atom. The summed E-state index contributed by atoms with van der Waals surface area (Å²) in [7, 11) is 0. The molecule has 1 aromatic heterocycles. The first-order valence-corrected chi connectivity index (χ1v) is 7.58. The minimum absolute atomic E-state index is 0.0557. The molecule has 2 fully saturated rings. The van der Waals surface area contributed by atoms with Crippen molar-refractivity contribution in [3.8, 4) is 0 Å². The van der Waals surface area contributed by atoms with Crippen molar-refractivity contribution in [2.45, 2.75) is 25.9 Å². The van der Waals surface area contributed by atoms with Crippen molar-refractivity contribution in [2.75, 3.05) is 49.3 Å². The van der Waals surface area contributed by atoms with Gasteiger partial charge in [0.2, 0.25) is 0 Å². The molecule has 1 aromatic rings. The summed E-state index contributed by atoms with van der Waals surface area (Å²) in [5.41, 5.74) is 0.920. The van der Waals surface area contributed by atoms with Crippen molar-refractivity contribution in [2.24, 2.45) is 0 Å². The highest BCUT2D eigenvalue weighted by atomic mass is 16.5. The fourth-order valence-corrected chi connectivity index (χ4v) is 3.03. The molecule has 3 heterocycles. The molecule has 2 aliphatic heterocycles. The lowest BCUT2D eigenvalue weighted by molar-refractivity contribution is 0.0980. The van der Waals surface area contributed by atoms with Gasteiger partial charge in [0.1, 0.15) is 5.82 Å². The Balaban J connectivity index is 1.90. The van der Waals surface area contributed by atoms with Crippen LogP contribution in [0.3, 0.4) is 0 Å². The average Bonchev–Trinajstić information content (AvgIpc) is 2.47. The van der Waals surface area contributed by atoms with Gasteiger partial charge in [-0.3, -0.25) is 4.79 Å². The highest BCUT2D eigenvalue weighted by molar-refractivity contribution is 5.56. The average molecular weight is 293 g/mol. The molecule has 0 bridgehead atoms. The van der Waals surface area contributed by atoms with Gasteiger partial charge in [0.05, 0.1) is 32.5 Å². The Labute approximate surface area is 124 Å². The number of aromatic amines is 1. The maximum atomic E-state index is 12.0. The smallest absolute Gasteiger partial charge is 0.251 e. The van der Waals surface area contributed by atoms with Gasteiger partial charge in [0, 0.05) is 37.0 Å². The van der Waals surface area contributed by atoms with Gasteiger partial charge in [-0.1, -0.05) is 0 Å². The maximum absolute atomic E-state index is 12.0. The molecule has 116 valence electrons. The molecular weight excluding hydrogens is 270 g/mol. The van der Waals surface area contributed by atoms with Crippen molar-refractivity contribution in [3.05, 3.63) is 22.5 Å². The lowest BCUT2D eigenvalue weighted by Crippen LogP contribution is -2.46. The summed E-state index contributed by atoms with van der Waals surface area (Å²) in [5, 5.41) is 0. The Bertz CT molecular complexity index is 502. The molecular formula is C15H23N3O3. The minimum Gasteiger partial charge on any atom is -0.377 e. The molecule has 6 heteroatoms. The van der Waals surface area contributed by atoms with E-state index in [1.54, 1.807) is 6.07 Å². The van der Waals surface area contributed by atoms with E-state index in [0.717, 1.165) is 24.6 Å². The number of aromatic nitrogens is 1. The van der Waals surface area contributed by atoms with Crippen LogP contribution in [-0.4, -0.2) is 56.6 Å². The van der Waals surface area contributed by atoms with Crippen LogP contribution in [0.15, 0.2) is 16.9 Å². The molecule has 2 saturated heterocycles. The largest absolute Gasteiger partial charge is 0.377 e. The van der Waals surface area contributed by atoms with Gasteiger partial charge in [0.15, 0.2) is 0 Å². The highest BCUT2D eigenvalue weighted by Gasteiger charge is 2.23. The molecule has 0 saturated carbocycles. The standard InChI is InChI=1S/C15H23N3O3/c1-11-9-20-5-3-17(11)13-7-14(16-15(19)8-13)18-4-6-21-10-12(18)2/h7-8,11-12H,3-6,9-10H2,1-2H3,(H,16,19)/t11-,12-/m1/s1. The zero-order valence-electron chi connectivity index (χ0n) is 12.7. The Hall–Kier alpha value is -1.53. The number of nitrogens with zero attached hydrogens (tertiary/aromatic N) is 2. The summed E-state index contributed by atoms with van der Waals surface area (Å²) < 4.78 is 10.9. The van der Waals surface area contributed by atoms with Crippen LogP contribution in [0.1, 0.15) is 13.8 Å². The van der Waals surface area contributed by atoms with Crippen molar-refractivity contribution < 1.29 is 9.47 Å². The maximum Gasteiger partial charge on any atom is 0.251 e. The van der Waals surface area contributed by atoms with E-state index in [4.69, 9.17) is 9.47 Å². The number of nitrogens with one attached hydrogen (secondary N) is 1. The number of hydrogen-bond donors (Lipinski definition) is 1. The third-order valence-electron chi connectivity index (χ3n) is 4.19. The SMILES string of the molecule is C[C@@H]1COCCN1c1cc(N2CCOC[C@H]2C)[nH]c(=O)c1. The minimum atomic E-state index is -0.0557. The van der Waals surface area contributed by atoms with Gasteiger partial charge in [-0.2, -0.15) is 0 Å². The van der Waals surface area contributed by atoms with Crippen LogP contribution in [0.2, 0.25) is 0 Å². The molecule has 0 aliphatic carbocycles. The van der Waals surface area contributed by atoms with Crippen LogP contribution in [-0.2, 0) is 9.47 Å². The van der Waals surface area contributed by atoms with Gasteiger partial charge >= 0.3 is 0 Å². The molecule has 2 aliphatic rings. The number of rotatable bonds is 2. The number of anilines is 2. The third kappa shape index (κ3) is 3.06. The van der Waals surface area contributed by atoms with E-state index < -0.39 is 0 Å². The number of pyridine rings is 1. The summed E-state index contributed by atoms with van der Waals surface area (Å²) in [6.07, 6.45) is 0. The number of ether oxygens (including phenoxy) is 2. The van der Waals surface area contributed by atoms with Crippen molar-refractivity contribution in [1.82, 2.24) is 4.98 Å². The second-order valence-electron chi connectivity index (χ2n) is 5.82. The summed E-state index contributed by atoms with van der Waals surface area (Å²) in [5.74, 6) is 0.881. The summed E-state index contributed by atoms with van der Waals surface area (Å²) in [6, 6.07) is 4.31. The predicted octanol–water partition coefficient (Wildman–Crippen LogP) is 0.825. The normalized spacial score (nSPS) is 27.0. The Kier molecular flexibility index (Phi) is 4.17. The first-order chi connectivity index (χ1) is 10.1. The predicted molar refractivity (Wildman–Crippen MR) is 82.3 cm³/mol. The molecule has 1 N–H and O–H groups in total. The van der Waals surface area contributed by atoms with Gasteiger partial charge in [0.25, 0.3) is 5.56 Å². The monoisotopic (exact) mass is 293 g/mol. The van der Waals surface area contributed by atoms with E-state index in [1.807, 2.05) is 0 Å². The lowest BCUT2D eigenvalue weighted by atomic mass is 10.2. The van der Waals surface area contributed by atoms with Crippen molar-refractivity contribution in [3.63, 3.8) is 0 Å². The van der Waals surface area contributed by atoms with Gasteiger partial charge in [-0.15, -0.1) is 0 Å². The Morgan fingerprint density at radius 1 is 1.05 bits per heavy atom. The summed E-state index contributed by atoms with van der Waals surface area (Å²) in [6.45, 7) is 8.67. The van der Waals surface area contributed by atoms with Crippen LogP contribution in [0.5, 0.6) is 0 Å². The van der Waals surface area contributed by atoms with E-state index in [1.165, 1.54) is 0 Å². The highest BCUT2D eigenvalue weighted by Crippen LogP contribution is 2.24. The second kappa shape index (κ2) is 6.07. The summed E-state index contributed by atoms with van der Waals surface area (Å²) >= 11 is 0. The van der Waals surface area contributed by atoms with E-state index in [0.29, 0.717) is 26.4 Å². The van der Waals surface area contributed by atoms with E-state index in [9.17, 15) is 4.79 Å². The molecule has 0 unspecified atom stereocenters. The van der Waals surface area contributed by atoms with Crippen LogP contribution in [0.25, 0.3) is 0 Å². The van der Waals surface area contributed by atoms with E-state index >= 15 is 0 Å². The summed E-state index contributed by atoms with van der Waals surface area (Å²) in [4.78, 5) is 19.4. The topological polar surface area (TPSA) is 57.8 Å². The third-order valence-corrected chi connectivity index (χ3v) is 4.19. The van der Waals surface area contributed by atoms with Crippen molar-refractivity contribution in [1.29, 1.82) is 0 Å². The number of morpholine rings is 2. The van der Waals surface area contributed by atoms with Crippen molar-refractivity contribution >= 4 is 11.5 Å². The first-order valence-electron chi connectivity index (χ1n) is 7.58. The molecule has 6 nitrogen and oxygen atoms in total. The Morgan fingerprint density at radius 2 is 1.67 bits per heavy atom. The molecule has 0 radical (unpaired) electrons. The zero-order valence-corrected chi connectivity index (χ0v) is 12.7. The van der Waals surface area contributed by atoms with Crippen LogP contribution in [0, 0.1) is 0 Å². The molecule has 21 heavy (non-hydrogen) atoms. The lowest BCUT2D eigenvalue weighted by Gasteiger charge is -2.37. The first kappa shape index (κ1) is 14.4. The molecule has 2 atom stereocenters. The molecule has 0 spiro atoms. The fourth-order valence-electron chi connectivity index (χ4n) is 3.03. The van der Waals surface area contributed by atoms with Crippen LogP contribution in [0.4, 0.5) is 11.5 Å². The number of H-pyrrole nitrogens is 1. The molecule has 0 aromatic carbocycles. The van der Waals surface area contributed by atoms with Gasteiger partial charge in [-0.05, 0) is 13.8 Å². The van der Waals surface area contributed by atoms with E-state index in [2.05, 4.69) is 34.7 Å². The number of hydrogen-bond acceptors (Lipinski definition) is 5.